The van der Waals surface area contributed by atoms with Crippen molar-refractivity contribution in [3.05, 3.63) is 28.3 Å². The summed E-state index contributed by atoms with van der Waals surface area (Å²) < 4.78 is 0. The molecule has 4 heteroatoms. The van der Waals surface area contributed by atoms with Crippen molar-refractivity contribution in [1.29, 1.82) is 0 Å². The summed E-state index contributed by atoms with van der Waals surface area (Å²) in [4.78, 5) is 0. The quantitative estimate of drug-likeness (QED) is 0.375. The van der Waals surface area contributed by atoms with Crippen molar-refractivity contribution in [1.82, 2.24) is 0 Å². The summed E-state index contributed by atoms with van der Waals surface area (Å²) in [6.07, 6.45) is 7.95. The molecule has 0 heterocycles. The van der Waals surface area contributed by atoms with Crippen LogP contribution in [0.5, 0.6) is 0 Å². The zero-order chi connectivity index (χ0) is 9.26. The molecule has 0 aliphatic heterocycles. The smallest absolute Gasteiger partial charge is 1.00 e. The van der Waals surface area contributed by atoms with Crippen molar-refractivity contribution < 1.29 is 58.9 Å². The van der Waals surface area contributed by atoms with Gasteiger partial charge in [-0.05, 0) is 0 Å². The molecule has 1 aromatic rings. The zero-order valence-corrected chi connectivity index (χ0v) is 14.3. The number of halogens is 3. The second kappa shape index (κ2) is 10.8. The van der Waals surface area contributed by atoms with Crippen LogP contribution in [0.25, 0.3) is 0 Å². The van der Waals surface area contributed by atoms with E-state index in [1.165, 1.54) is 38.5 Å². The number of hydrogen-bond acceptors (Lipinski definition) is 0. The van der Waals surface area contributed by atoms with Gasteiger partial charge in [0.1, 0.15) is 0 Å². The molecule has 0 nitrogen and oxygen atoms in total. The van der Waals surface area contributed by atoms with Gasteiger partial charge in [-0.25, -0.2) is 6.07 Å². The van der Waals surface area contributed by atoms with E-state index in [0.717, 1.165) is 0 Å². The van der Waals surface area contributed by atoms with Crippen LogP contribution in [0.3, 0.4) is 0 Å². The Labute approximate surface area is 139 Å². The maximum absolute atomic E-state index is 2.47. The molecule has 0 unspecified atom stereocenters. The molecule has 0 aromatic heterocycles. The Hall–Kier alpha value is 0.934. The molecule has 2 rings (SSSR count). The van der Waals surface area contributed by atoms with Gasteiger partial charge in [-0.2, -0.15) is 22.3 Å². The first-order valence-electron chi connectivity index (χ1n) is 5.66. The van der Waals surface area contributed by atoms with Crippen molar-refractivity contribution in [3.63, 3.8) is 0 Å². The molecule has 0 radical (unpaired) electrons. The van der Waals surface area contributed by atoms with E-state index in [1.807, 2.05) is 0 Å². The van der Waals surface area contributed by atoms with Gasteiger partial charge in [0.15, 0.2) is 0 Å². The predicted octanol–water partition coefficient (Wildman–Crippen LogP) is -5.58. The van der Waals surface area contributed by atoms with Gasteiger partial charge in [-0.15, -0.1) is 0 Å². The molecule has 0 bridgehead atoms. The molecule has 0 amide bonds. The summed E-state index contributed by atoms with van der Waals surface area (Å²) in [5, 5.41) is 0. The van der Waals surface area contributed by atoms with Crippen LogP contribution in [0.2, 0.25) is 0 Å². The maximum atomic E-state index is 2.47. The van der Waals surface area contributed by atoms with Crippen LogP contribution in [0, 0.1) is 0 Å². The molecule has 0 saturated carbocycles. The van der Waals surface area contributed by atoms with Crippen LogP contribution in [-0.2, 0) is 47.4 Å². The molecule has 1 aliphatic rings. The Morgan fingerprint density at radius 1 is 1.06 bits per heavy atom. The van der Waals surface area contributed by atoms with Crippen molar-refractivity contribution in [3.8, 4) is 0 Å². The Balaban J connectivity index is -0.000000490. The van der Waals surface area contributed by atoms with E-state index in [2.05, 4.69) is 19.9 Å². The topological polar surface area (TPSA) is 0 Å². The van der Waals surface area contributed by atoms with Gasteiger partial charge >= 0.3 is 21.7 Å². The Bertz CT molecular complexity index is 297. The second-order valence-corrected chi connectivity index (χ2v) is 4.07. The van der Waals surface area contributed by atoms with E-state index in [-0.39, 0.29) is 58.9 Å². The molecule has 0 saturated heterocycles. The standard InChI is InChI=1S/C13H19.3ClH.Ti/c1-3-10-9-11-7-5-6-8-13(11)12(10)4-2;;;;/h9H,3-8H2,1-2H3;3*1H;/q-1;;;;+4/p-3. The van der Waals surface area contributed by atoms with Crippen LogP contribution in [0.1, 0.15) is 48.9 Å². The van der Waals surface area contributed by atoms with Crippen LogP contribution in [0.15, 0.2) is 6.07 Å². The molecule has 1 aliphatic carbocycles. The summed E-state index contributed by atoms with van der Waals surface area (Å²) in [5.41, 5.74) is 6.68. The zero-order valence-electron chi connectivity index (χ0n) is 10.5. The van der Waals surface area contributed by atoms with Gasteiger partial charge in [-0.3, -0.25) is 0 Å². The third-order valence-electron chi connectivity index (χ3n) is 3.35. The van der Waals surface area contributed by atoms with E-state index in [9.17, 15) is 0 Å². The fourth-order valence-electron chi connectivity index (χ4n) is 2.68. The molecule has 1 aromatic carbocycles. The van der Waals surface area contributed by atoms with Crippen LogP contribution >= 0.6 is 0 Å². The molecule has 0 N–H and O–H groups in total. The van der Waals surface area contributed by atoms with Crippen molar-refractivity contribution in [2.24, 2.45) is 0 Å². The average Bonchev–Trinajstić information content (AvgIpc) is 2.55. The molecule has 0 fully saturated rings. The predicted molar refractivity (Wildman–Crippen MR) is 57.4 cm³/mol. The summed E-state index contributed by atoms with van der Waals surface area (Å²) in [5.74, 6) is 0. The minimum absolute atomic E-state index is 0. The van der Waals surface area contributed by atoms with Crippen LogP contribution < -0.4 is 37.2 Å². The Kier molecular flexibility index (Phi) is 14.7. The van der Waals surface area contributed by atoms with E-state index >= 15 is 0 Å². The first-order valence-corrected chi connectivity index (χ1v) is 5.66. The van der Waals surface area contributed by atoms with E-state index in [4.69, 9.17) is 0 Å². The monoisotopic (exact) mass is 328 g/mol. The molecule has 0 spiro atoms. The molecule has 96 valence electrons. The number of hydrogen-bond donors (Lipinski definition) is 0. The third-order valence-corrected chi connectivity index (χ3v) is 3.35. The second-order valence-electron chi connectivity index (χ2n) is 4.07. The van der Waals surface area contributed by atoms with E-state index in [0.29, 0.717) is 0 Å². The number of fused-ring (bicyclic) bond motifs is 1. The van der Waals surface area contributed by atoms with E-state index < -0.39 is 0 Å². The third kappa shape index (κ3) is 4.84. The fourth-order valence-corrected chi connectivity index (χ4v) is 2.68. The average molecular weight is 330 g/mol. The van der Waals surface area contributed by atoms with Gasteiger partial charge in [0.2, 0.25) is 0 Å². The summed E-state index contributed by atoms with van der Waals surface area (Å²) >= 11 is 0. The van der Waals surface area contributed by atoms with Gasteiger partial charge in [-0.1, -0.05) is 52.4 Å². The van der Waals surface area contributed by atoms with Crippen LogP contribution in [-0.4, -0.2) is 0 Å². The summed E-state index contributed by atoms with van der Waals surface area (Å²) in [6.45, 7) is 4.57. The first-order chi connectivity index (χ1) is 6.36. The van der Waals surface area contributed by atoms with Crippen molar-refractivity contribution in [2.75, 3.05) is 0 Å². The molecular formula is C13H19Cl3Ti. The van der Waals surface area contributed by atoms with E-state index in [1.54, 1.807) is 22.3 Å². The molecule has 17 heavy (non-hydrogen) atoms. The van der Waals surface area contributed by atoms with Gasteiger partial charge in [0.05, 0.1) is 0 Å². The van der Waals surface area contributed by atoms with Gasteiger partial charge in [0, 0.05) is 0 Å². The minimum Gasteiger partial charge on any atom is -1.00 e. The number of rotatable bonds is 2. The van der Waals surface area contributed by atoms with Crippen LogP contribution in [0.4, 0.5) is 0 Å². The maximum Gasteiger partial charge on any atom is 4.00 e. The van der Waals surface area contributed by atoms with Gasteiger partial charge in [0.25, 0.3) is 0 Å². The number of aryl methyl sites for hydroxylation is 2. The SMILES string of the molecule is CCc1cc2c([c-]1CC)CCCC2.[Cl-].[Cl-].[Cl-].[Ti+4]. The summed E-state index contributed by atoms with van der Waals surface area (Å²) in [7, 11) is 0. The summed E-state index contributed by atoms with van der Waals surface area (Å²) in [6, 6.07) is 2.47. The van der Waals surface area contributed by atoms with Crippen molar-refractivity contribution >= 4 is 0 Å². The Morgan fingerprint density at radius 2 is 1.65 bits per heavy atom. The molecular weight excluding hydrogens is 310 g/mol. The van der Waals surface area contributed by atoms with Crippen molar-refractivity contribution in [2.45, 2.75) is 52.4 Å². The van der Waals surface area contributed by atoms with Gasteiger partial charge < -0.3 is 37.2 Å². The fraction of sp³-hybridized carbons (Fsp3) is 0.615. The largest absolute Gasteiger partial charge is 4.00 e. The Morgan fingerprint density at radius 3 is 2.18 bits per heavy atom. The first kappa shape index (κ1) is 23.1. The normalized spacial score (nSPS) is 12.1. The minimum atomic E-state index is 0. The molecule has 0 atom stereocenters.